The summed E-state index contributed by atoms with van der Waals surface area (Å²) in [6.45, 7) is 2.39. The highest BCUT2D eigenvalue weighted by molar-refractivity contribution is 6.32. The SMILES string of the molecule is Cc1c(CNc2ccc(Cl)c([N+](=O)[O-])c2)cc(C#N)n1C. The highest BCUT2D eigenvalue weighted by Gasteiger charge is 2.13. The van der Waals surface area contributed by atoms with Crippen molar-refractivity contribution in [2.24, 2.45) is 7.05 Å². The molecule has 0 amide bonds. The van der Waals surface area contributed by atoms with E-state index >= 15 is 0 Å². The topological polar surface area (TPSA) is 83.9 Å². The van der Waals surface area contributed by atoms with Crippen LogP contribution >= 0.6 is 11.6 Å². The molecule has 0 atom stereocenters. The monoisotopic (exact) mass is 304 g/mol. The molecule has 2 rings (SSSR count). The molecule has 0 aliphatic heterocycles. The molecule has 0 aliphatic rings. The standard InChI is InChI=1S/C14H13ClN4O2/c1-9-10(5-12(7-16)18(9)2)8-17-11-3-4-13(15)14(6-11)19(20)21/h3-6,17H,8H2,1-2H3. The summed E-state index contributed by atoms with van der Waals surface area (Å²) in [4.78, 5) is 10.3. The van der Waals surface area contributed by atoms with Gasteiger partial charge in [-0.2, -0.15) is 5.26 Å². The average molecular weight is 305 g/mol. The summed E-state index contributed by atoms with van der Waals surface area (Å²) in [5.74, 6) is 0. The molecular formula is C14H13ClN4O2. The van der Waals surface area contributed by atoms with Crippen molar-refractivity contribution in [2.45, 2.75) is 13.5 Å². The van der Waals surface area contributed by atoms with Crippen molar-refractivity contribution in [1.82, 2.24) is 4.57 Å². The lowest BCUT2D eigenvalue weighted by Crippen LogP contribution is -2.02. The molecule has 21 heavy (non-hydrogen) atoms. The highest BCUT2D eigenvalue weighted by Crippen LogP contribution is 2.27. The van der Waals surface area contributed by atoms with Gasteiger partial charge in [0.2, 0.25) is 0 Å². The second-order valence-corrected chi connectivity index (χ2v) is 5.00. The zero-order valence-corrected chi connectivity index (χ0v) is 12.3. The molecule has 0 spiro atoms. The van der Waals surface area contributed by atoms with Gasteiger partial charge < -0.3 is 9.88 Å². The minimum atomic E-state index is -0.519. The van der Waals surface area contributed by atoms with Gasteiger partial charge in [0, 0.05) is 31.0 Å². The maximum absolute atomic E-state index is 10.8. The first-order valence-corrected chi connectivity index (χ1v) is 6.55. The van der Waals surface area contributed by atoms with E-state index in [4.69, 9.17) is 16.9 Å². The first-order valence-electron chi connectivity index (χ1n) is 6.17. The predicted molar refractivity (Wildman–Crippen MR) is 80.3 cm³/mol. The van der Waals surface area contributed by atoms with Crippen LogP contribution in [0.25, 0.3) is 0 Å². The van der Waals surface area contributed by atoms with Crippen LogP contribution in [-0.2, 0) is 13.6 Å². The molecule has 6 nitrogen and oxygen atoms in total. The normalized spacial score (nSPS) is 10.2. The van der Waals surface area contributed by atoms with Crippen LogP contribution in [0.4, 0.5) is 11.4 Å². The number of nitro benzene ring substituents is 1. The molecular weight excluding hydrogens is 292 g/mol. The van der Waals surface area contributed by atoms with Crippen LogP contribution in [0.3, 0.4) is 0 Å². The zero-order chi connectivity index (χ0) is 15.6. The lowest BCUT2D eigenvalue weighted by molar-refractivity contribution is -0.384. The van der Waals surface area contributed by atoms with Crippen LogP contribution in [0.5, 0.6) is 0 Å². The van der Waals surface area contributed by atoms with E-state index in [1.165, 1.54) is 12.1 Å². The van der Waals surface area contributed by atoms with E-state index in [0.29, 0.717) is 17.9 Å². The average Bonchev–Trinajstić information content (AvgIpc) is 2.73. The first kappa shape index (κ1) is 14.9. The van der Waals surface area contributed by atoms with Crippen molar-refractivity contribution in [2.75, 3.05) is 5.32 Å². The fourth-order valence-electron chi connectivity index (χ4n) is 2.01. The van der Waals surface area contributed by atoms with Gasteiger partial charge in [-0.15, -0.1) is 0 Å². The lowest BCUT2D eigenvalue weighted by Gasteiger charge is -2.07. The summed E-state index contributed by atoms with van der Waals surface area (Å²) in [5.41, 5.74) is 2.98. The Morgan fingerprint density at radius 3 is 2.76 bits per heavy atom. The van der Waals surface area contributed by atoms with Crippen molar-refractivity contribution < 1.29 is 4.92 Å². The molecule has 0 bridgehead atoms. The van der Waals surface area contributed by atoms with Gasteiger partial charge in [0.05, 0.1) is 4.92 Å². The number of anilines is 1. The number of hydrogen-bond acceptors (Lipinski definition) is 4. The number of nitrogens with zero attached hydrogens (tertiary/aromatic N) is 3. The van der Waals surface area contributed by atoms with Crippen molar-refractivity contribution in [3.05, 3.63) is 56.4 Å². The number of hydrogen-bond donors (Lipinski definition) is 1. The third-order valence-corrected chi connectivity index (χ3v) is 3.70. The van der Waals surface area contributed by atoms with Crippen LogP contribution in [0.2, 0.25) is 5.02 Å². The van der Waals surface area contributed by atoms with E-state index in [2.05, 4.69) is 11.4 Å². The molecule has 1 aromatic carbocycles. The van der Waals surface area contributed by atoms with Gasteiger partial charge in [0.1, 0.15) is 16.8 Å². The molecule has 0 saturated carbocycles. The van der Waals surface area contributed by atoms with Crippen LogP contribution in [-0.4, -0.2) is 9.49 Å². The molecule has 7 heteroatoms. The van der Waals surface area contributed by atoms with Crippen molar-refractivity contribution in [1.29, 1.82) is 5.26 Å². The Balaban J connectivity index is 2.19. The Hall–Kier alpha value is -2.52. The summed E-state index contributed by atoms with van der Waals surface area (Å²) in [6, 6.07) is 8.47. The number of nitro groups is 1. The molecule has 108 valence electrons. The number of benzene rings is 1. The van der Waals surface area contributed by atoms with Gasteiger partial charge in [-0.25, -0.2) is 0 Å². The predicted octanol–water partition coefficient (Wildman–Crippen LogP) is 3.38. The maximum Gasteiger partial charge on any atom is 0.289 e. The maximum atomic E-state index is 10.8. The molecule has 2 aromatic rings. The number of nitriles is 1. The highest BCUT2D eigenvalue weighted by atomic mass is 35.5. The number of nitrogens with one attached hydrogen (secondary N) is 1. The Morgan fingerprint density at radius 2 is 2.19 bits per heavy atom. The summed E-state index contributed by atoms with van der Waals surface area (Å²) in [6.07, 6.45) is 0. The quantitative estimate of drug-likeness (QED) is 0.693. The molecule has 1 N–H and O–H groups in total. The van der Waals surface area contributed by atoms with E-state index in [9.17, 15) is 10.1 Å². The van der Waals surface area contributed by atoms with E-state index < -0.39 is 4.92 Å². The van der Waals surface area contributed by atoms with Gasteiger partial charge in [-0.05, 0) is 30.7 Å². The minimum absolute atomic E-state index is 0.105. The number of rotatable bonds is 4. The molecule has 0 radical (unpaired) electrons. The minimum Gasteiger partial charge on any atom is -0.381 e. The van der Waals surface area contributed by atoms with Gasteiger partial charge >= 0.3 is 0 Å². The van der Waals surface area contributed by atoms with Crippen LogP contribution < -0.4 is 5.32 Å². The first-order chi connectivity index (χ1) is 9.93. The molecule has 0 fully saturated rings. The summed E-state index contributed by atoms with van der Waals surface area (Å²) < 4.78 is 1.81. The Labute approximate surface area is 126 Å². The second-order valence-electron chi connectivity index (χ2n) is 4.59. The van der Waals surface area contributed by atoms with Gasteiger partial charge in [-0.3, -0.25) is 10.1 Å². The molecule has 0 unspecified atom stereocenters. The third-order valence-electron chi connectivity index (χ3n) is 3.38. The summed E-state index contributed by atoms with van der Waals surface area (Å²) >= 11 is 5.77. The van der Waals surface area contributed by atoms with Crippen LogP contribution in [0.15, 0.2) is 24.3 Å². The fourth-order valence-corrected chi connectivity index (χ4v) is 2.19. The zero-order valence-electron chi connectivity index (χ0n) is 11.6. The Bertz CT molecular complexity index is 746. The van der Waals surface area contributed by atoms with Gasteiger partial charge in [-0.1, -0.05) is 11.6 Å². The third kappa shape index (κ3) is 2.98. The van der Waals surface area contributed by atoms with E-state index in [1.807, 2.05) is 14.0 Å². The largest absolute Gasteiger partial charge is 0.381 e. The van der Waals surface area contributed by atoms with Gasteiger partial charge in [0.25, 0.3) is 5.69 Å². The molecule has 1 heterocycles. The Kier molecular flexibility index (Phi) is 4.15. The smallest absolute Gasteiger partial charge is 0.289 e. The fraction of sp³-hybridized carbons (Fsp3) is 0.214. The van der Waals surface area contributed by atoms with E-state index in [1.54, 1.807) is 16.7 Å². The second kappa shape index (κ2) is 5.85. The molecule has 1 aromatic heterocycles. The van der Waals surface area contributed by atoms with Crippen molar-refractivity contribution in [3.8, 4) is 6.07 Å². The Morgan fingerprint density at radius 1 is 1.48 bits per heavy atom. The molecule has 0 saturated heterocycles. The van der Waals surface area contributed by atoms with Crippen molar-refractivity contribution in [3.63, 3.8) is 0 Å². The van der Waals surface area contributed by atoms with E-state index in [-0.39, 0.29) is 10.7 Å². The number of aromatic nitrogens is 1. The number of halogens is 1. The van der Waals surface area contributed by atoms with Crippen molar-refractivity contribution >= 4 is 23.0 Å². The van der Waals surface area contributed by atoms with E-state index in [0.717, 1.165) is 11.3 Å². The van der Waals surface area contributed by atoms with Crippen LogP contribution in [0, 0.1) is 28.4 Å². The van der Waals surface area contributed by atoms with Gasteiger partial charge in [0.15, 0.2) is 0 Å². The molecule has 0 aliphatic carbocycles. The summed E-state index contributed by atoms with van der Waals surface area (Å²) in [7, 11) is 1.82. The van der Waals surface area contributed by atoms with Crippen LogP contribution in [0.1, 0.15) is 17.0 Å². The summed E-state index contributed by atoms with van der Waals surface area (Å²) in [5, 5.41) is 23.0. The lowest BCUT2D eigenvalue weighted by atomic mass is 10.2.